The summed E-state index contributed by atoms with van der Waals surface area (Å²) < 4.78 is 24.7. The lowest BCUT2D eigenvalue weighted by Gasteiger charge is -2.23. The van der Waals surface area contributed by atoms with Gasteiger partial charge in [-0.15, -0.1) is 0 Å². The number of hydrogen-bond acceptors (Lipinski definition) is 2. The van der Waals surface area contributed by atoms with E-state index in [2.05, 4.69) is 23.6 Å². The Morgan fingerprint density at radius 1 is 0.909 bits per heavy atom. The van der Waals surface area contributed by atoms with Gasteiger partial charge in [0.15, 0.2) is 0 Å². The van der Waals surface area contributed by atoms with Crippen molar-refractivity contribution in [2.45, 2.75) is 5.40 Å². The Hall–Kier alpha value is 1.000. The molecule has 0 aromatic rings. The molecule has 68 valence electrons. The van der Waals surface area contributed by atoms with Crippen LogP contribution in [0.1, 0.15) is 0 Å². The van der Waals surface area contributed by atoms with Crippen LogP contribution in [0.3, 0.4) is 0 Å². The van der Waals surface area contributed by atoms with Crippen LogP contribution in [0.25, 0.3) is 0 Å². The fraction of sp³-hybridized carbons (Fsp3) is 1.00. The van der Waals surface area contributed by atoms with Crippen molar-refractivity contribution in [3.63, 3.8) is 0 Å². The first kappa shape index (κ1) is 12.0. The minimum Gasteiger partial charge on any atom is -0.341 e. The van der Waals surface area contributed by atoms with Gasteiger partial charge in [0.25, 0.3) is 13.0 Å². The molecule has 0 atom stereocenters. The van der Waals surface area contributed by atoms with Gasteiger partial charge in [0.1, 0.15) is 0 Å². The highest BCUT2D eigenvalue weighted by Crippen LogP contribution is 2.71. The topological polar surface area (TPSA) is 80.9 Å². The molecule has 0 heterocycles. The van der Waals surface area contributed by atoms with E-state index in [1.54, 1.807) is 0 Å². The summed E-state index contributed by atoms with van der Waals surface area (Å²) in [5.41, 5.74) is 0. The summed E-state index contributed by atoms with van der Waals surface area (Å²) >= 11 is 7.16. The monoisotopic (exact) mass is 244 g/mol. The van der Waals surface area contributed by atoms with E-state index in [-0.39, 0.29) is 0 Å². The van der Waals surface area contributed by atoms with E-state index in [0.29, 0.717) is 0 Å². The van der Waals surface area contributed by atoms with Crippen LogP contribution in [0.5, 0.6) is 0 Å². The maximum absolute atomic E-state index is 12.3. The van der Waals surface area contributed by atoms with E-state index in [1.165, 1.54) is 0 Å². The van der Waals surface area contributed by atoms with Crippen LogP contribution in [-0.4, -0.2) is 25.0 Å². The van der Waals surface area contributed by atoms with Crippen molar-refractivity contribution < 1.29 is 28.4 Å². The van der Waals surface area contributed by atoms with Gasteiger partial charge in [0, 0.05) is 0 Å². The third kappa shape index (κ3) is 2.47. The molecule has 0 aliphatic rings. The molecule has 11 heavy (non-hydrogen) atoms. The second-order valence-electron chi connectivity index (χ2n) is 1.60. The van der Waals surface area contributed by atoms with E-state index in [9.17, 15) is 8.78 Å². The minimum atomic E-state index is -5.04. The summed E-state index contributed by atoms with van der Waals surface area (Å²) in [4.78, 5) is 33.0. The average molecular weight is 244 g/mol. The van der Waals surface area contributed by atoms with Crippen molar-refractivity contribution in [1.82, 2.24) is 0 Å². The molecule has 10 heteroatoms. The SMILES string of the molecule is OP(O)(=S)C(F)(F)P(O)(O)=S. The molecule has 0 aliphatic carbocycles. The Morgan fingerprint density at radius 3 is 1.09 bits per heavy atom. The summed E-state index contributed by atoms with van der Waals surface area (Å²) in [6, 6.07) is 0. The normalized spacial score (nSPS) is 15.1. The van der Waals surface area contributed by atoms with Crippen LogP contribution >= 0.6 is 13.0 Å². The zero-order chi connectivity index (χ0) is 9.50. The van der Waals surface area contributed by atoms with Crippen LogP contribution < -0.4 is 0 Å². The van der Waals surface area contributed by atoms with Crippen LogP contribution in [-0.2, 0) is 23.6 Å². The lowest BCUT2D eigenvalue weighted by molar-refractivity contribution is 0.140. The van der Waals surface area contributed by atoms with Crippen LogP contribution in [0.4, 0.5) is 8.78 Å². The predicted molar refractivity (Wildman–Crippen MR) is 42.4 cm³/mol. The molecule has 0 saturated heterocycles. The highest BCUT2D eigenvalue weighted by Gasteiger charge is 2.55. The lowest BCUT2D eigenvalue weighted by Crippen LogP contribution is -2.15. The van der Waals surface area contributed by atoms with E-state index in [1.807, 2.05) is 0 Å². The third-order valence-electron chi connectivity index (χ3n) is 0.701. The van der Waals surface area contributed by atoms with Crippen LogP contribution in [0.2, 0.25) is 0 Å². The molecule has 0 rings (SSSR count). The summed E-state index contributed by atoms with van der Waals surface area (Å²) in [6.45, 7) is -10.1. The van der Waals surface area contributed by atoms with Gasteiger partial charge in [0.2, 0.25) is 0 Å². The minimum absolute atomic E-state index is 3.58. The Balaban J connectivity index is 5.08. The fourth-order valence-electron chi connectivity index (χ4n) is 0.170. The molecule has 0 unspecified atom stereocenters. The largest absolute Gasteiger partial charge is 0.390 e. The molecule has 0 bridgehead atoms. The summed E-state index contributed by atoms with van der Waals surface area (Å²) in [5, 5.41) is -4.55. The molecule has 0 aromatic heterocycles. The van der Waals surface area contributed by atoms with Gasteiger partial charge < -0.3 is 19.6 Å². The maximum atomic E-state index is 12.3. The maximum Gasteiger partial charge on any atom is 0.390 e. The highest BCUT2D eigenvalue weighted by atomic mass is 32.5. The fourth-order valence-corrected chi connectivity index (χ4v) is 4.04. The first-order valence-corrected chi connectivity index (χ1v) is 7.41. The summed E-state index contributed by atoms with van der Waals surface area (Å²) in [6.07, 6.45) is 0. The van der Waals surface area contributed by atoms with Crippen molar-refractivity contribution in [1.29, 1.82) is 0 Å². The number of rotatable bonds is 2. The van der Waals surface area contributed by atoms with E-state index in [4.69, 9.17) is 19.6 Å². The molecular weight excluding hydrogens is 240 g/mol. The molecule has 0 aromatic carbocycles. The third-order valence-corrected chi connectivity index (χ3v) is 5.96. The predicted octanol–water partition coefficient (Wildman–Crippen LogP) is 0.125. The molecule has 0 amide bonds. The quantitative estimate of drug-likeness (QED) is 0.517. The second kappa shape index (κ2) is 3.05. The van der Waals surface area contributed by atoms with Crippen molar-refractivity contribution >= 4 is 36.6 Å². The van der Waals surface area contributed by atoms with Crippen molar-refractivity contribution in [3.8, 4) is 0 Å². The van der Waals surface area contributed by atoms with Gasteiger partial charge in [-0.25, -0.2) is 0 Å². The summed E-state index contributed by atoms with van der Waals surface area (Å²) in [5.74, 6) is 0. The van der Waals surface area contributed by atoms with Gasteiger partial charge in [-0.2, -0.15) is 8.78 Å². The Labute approximate surface area is 70.8 Å². The highest BCUT2D eigenvalue weighted by molar-refractivity contribution is 8.19. The van der Waals surface area contributed by atoms with Crippen LogP contribution in [0.15, 0.2) is 0 Å². The zero-order valence-corrected chi connectivity index (χ0v) is 8.18. The molecule has 4 nitrogen and oxygen atoms in total. The number of alkyl halides is 2. The van der Waals surface area contributed by atoms with Gasteiger partial charge in [-0.05, 0) is 23.6 Å². The molecule has 0 spiro atoms. The summed E-state index contributed by atoms with van der Waals surface area (Å²) in [7, 11) is 0. The zero-order valence-electron chi connectivity index (χ0n) is 4.76. The van der Waals surface area contributed by atoms with Crippen LogP contribution in [0, 0.1) is 0 Å². The second-order valence-corrected chi connectivity index (χ2v) is 8.30. The molecule has 4 N–H and O–H groups in total. The Kier molecular flexibility index (Phi) is 3.32. The Morgan fingerprint density at radius 2 is 1.09 bits per heavy atom. The first-order chi connectivity index (χ1) is 4.50. The van der Waals surface area contributed by atoms with E-state index < -0.39 is 18.4 Å². The molecule has 0 aliphatic heterocycles. The van der Waals surface area contributed by atoms with Gasteiger partial charge in [-0.1, -0.05) is 0 Å². The molecular formula is CH4F2O4P2S2. The number of hydrogen-bond donors (Lipinski definition) is 4. The van der Waals surface area contributed by atoms with Gasteiger partial charge in [0.05, 0.1) is 0 Å². The van der Waals surface area contributed by atoms with Crippen molar-refractivity contribution in [2.75, 3.05) is 0 Å². The van der Waals surface area contributed by atoms with Gasteiger partial charge >= 0.3 is 5.40 Å². The molecule has 0 fully saturated rings. The van der Waals surface area contributed by atoms with Crippen molar-refractivity contribution in [3.05, 3.63) is 0 Å². The van der Waals surface area contributed by atoms with E-state index >= 15 is 0 Å². The van der Waals surface area contributed by atoms with E-state index in [0.717, 1.165) is 0 Å². The Bertz CT molecular complexity index is 216. The van der Waals surface area contributed by atoms with Gasteiger partial charge in [-0.3, -0.25) is 0 Å². The lowest BCUT2D eigenvalue weighted by atomic mass is 11.6. The molecule has 0 radical (unpaired) electrons. The smallest absolute Gasteiger partial charge is 0.341 e. The first-order valence-electron chi connectivity index (χ1n) is 1.99. The number of halogens is 2. The average Bonchev–Trinajstić information content (AvgIpc) is 1.58. The van der Waals surface area contributed by atoms with Crippen molar-refractivity contribution in [2.24, 2.45) is 0 Å². The molecule has 0 saturated carbocycles. The standard InChI is InChI=1S/CH4F2O4P2S2/c2-1(3,8(4,5)10)9(6,7)11/h(H2,4,5,10)(H2,6,7,11).